The fourth-order valence-corrected chi connectivity index (χ4v) is 0.556. The summed E-state index contributed by atoms with van der Waals surface area (Å²) in [6, 6.07) is 0. The van der Waals surface area contributed by atoms with E-state index in [-0.39, 0.29) is 56.7 Å². The van der Waals surface area contributed by atoms with Crippen molar-refractivity contribution in [2.45, 2.75) is 39.5 Å². The molecule has 0 saturated heterocycles. The van der Waals surface area contributed by atoms with Crippen molar-refractivity contribution in [2.24, 2.45) is 0 Å². The molecule has 7 heteroatoms. The van der Waals surface area contributed by atoms with Crippen LogP contribution in [0.15, 0.2) is 0 Å². The molecule has 1 radical (unpaired) electrons. The van der Waals surface area contributed by atoms with E-state index < -0.39 is 11.9 Å². The van der Waals surface area contributed by atoms with Gasteiger partial charge in [0.15, 0.2) is 0 Å². The SMILES string of the molecule is CC(=O)CCC(=O)[O-].CC(=O)CCC(=O)[O-].[Rh+2]. The average Bonchev–Trinajstić information content (AvgIpc) is 2.12. The quantitative estimate of drug-likeness (QED) is 0.530. The molecular weight excluding hydrogens is 319 g/mol. The van der Waals surface area contributed by atoms with Crippen molar-refractivity contribution in [3.63, 3.8) is 0 Å². The van der Waals surface area contributed by atoms with E-state index in [1.165, 1.54) is 13.8 Å². The van der Waals surface area contributed by atoms with E-state index in [4.69, 9.17) is 0 Å². The van der Waals surface area contributed by atoms with Gasteiger partial charge in [0.05, 0.1) is 0 Å². The summed E-state index contributed by atoms with van der Waals surface area (Å²) in [5, 5.41) is 19.3. The second kappa shape index (κ2) is 13.0. The van der Waals surface area contributed by atoms with Gasteiger partial charge in [-0.15, -0.1) is 0 Å². The number of hydrogen-bond donors (Lipinski definition) is 0. The van der Waals surface area contributed by atoms with Gasteiger partial charge in [0, 0.05) is 24.8 Å². The molecule has 0 N–H and O–H groups in total. The number of ketones is 2. The Morgan fingerprint density at radius 3 is 1.00 bits per heavy atom. The summed E-state index contributed by atoms with van der Waals surface area (Å²) >= 11 is 0. The zero-order valence-corrected chi connectivity index (χ0v) is 11.2. The summed E-state index contributed by atoms with van der Waals surface area (Å²) < 4.78 is 0. The van der Waals surface area contributed by atoms with Crippen molar-refractivity contribution in [2.75, 3.05) is 0 Å². The van der Waals surface area contributed by atoms with E-state index in [1.807, 2.05) is 0 Å². The molecule has 0 bridgehead atoms. The zero-order valence-electron chi connectivity index (χ0n) is 9.61. The van der Waals surface area contributed by atoms with Gasteiger partial charge < -0.3 is 29.4 Å². The third-order valence-corrected chi connectivity index (χ3v) is 1.36. The molecule has 0 aliphatic carbocycles. The molecular formula is C10H14O6Rh. The van der Waals surface area contributed by atoms with Crippen LogP contribution in [0.4, 0.5) is 0 Å². The van der Waals surface area contributed by atoms with Gasteiger partial charge in [-0.3, -0.25) is 0 Å². The summed E-state index contributed by atoms with van der Waals surface area (Å²) in [5.41, 5.74) is 0. The molecule has 0 fully saturated rings. The van der Waals surface area contributed by atoms with Gasteiger partial charge in [-0.05, 0) is 26.7 Å². The van der Waals surface area contributed by atoms with Gasteiger partial charge in [0.1, 0.15) is 11.6 Å². The molecule has 0 unspecified atom stereocenters. The van der Waals surface area contributed by atoms with Crippen LogP contribution in [0.2, 0.25) is 0 Å². The first-order chi connectivity index (χ1) is 7.25. The first kappa shape index (κ1) is 21.2. The van der Waals surface area contributed by atoms with Crippen LogP contribution in [0.1, 0.15) is 39.5 Å². The number of carbonyl (C=O) groups is 4. The molecule has 99 valence electrons. The summed E-state index contributed by atoms with van der Waals surface area (Å²) in [7, 11) is 0. The first-order valence-electron chi connectivity index (χ1n) is 4.64. The molecule has 0 aromatic heterocycles. The minimum atomic E-state index is -1.17. The maximum atomic E-state index is 10.1. The number of aliphatic carboxylic acids is 2. The van der Waals surface area contributed by atoms with Crippen LogP contribution >= 0.6 is 0 Å². The first-order valence-corrected chi connectivity index (χ1v) is 4.64. The summed E-state index contributed by atoms with van der Waals surface area (Å²) in [5.74, 6) is -2.57. The third kappa shape index (κ3) is 31.3. The number of Topliss-reactive ketones (excluding diaryl/α,β-unsaturated/α-hetero) is 2. The van der Waals surface area contributed by atoms with Gasteiger partial charge in [-0.2, -0.15) is 0 Å². The van der Waals surface area contributed by atoms with Crippen molar-refractivity contribution < 1.29 is 48.9 Å². The Kier molecular flexibility index (Phi) is 16.2. The van der Waals surface area contributed by atoms with Crippen molar-refractivity contribution in [1.29, 1.82) is 0 Å². The van der Waals surface area contributed by atoms with Crippen molar-refractivity contribution in [3.8, 4) is 0 Å². The fourth-order valence-electron chi connectivity index (χ4n) is 0.556. The van der Waals surface area contributed by atoms with Crippen LogP contribution in [-0.4, -0.2) is 23.5 Å². The van der Waals surface area contributed by atoms with Crippen LogP contribution in [0.3, 0.4) is 0 Å². The van der Waals surface area contributed by atoms with Gasteiger partial charge in [0.25, 0.3) is 0 Å². The standard InChI is InChI=1S/2C5H8O3.Rh/c2*1-4(6)2-3-5(7)8;/h2*2-3H2,1H3,(H,7,8);/q;;+2/p-2. The Morgan fingerprint density at radius 2 is 0.941 bits per heavy atom. The molecule has 0 aliphatic rings. The molecule has 0 aromatic carbocycles. The van der Waals surface area contributed by atoms with Crippen molar-refractivity contribution in [3.05, 3.63) is 0 Å². The normalized spacial score (nSPS) is 8.12. The zero-order chi connectivity index (χ0) is 13.1. The topological polar surface area (TPSA) is 114 Å². The molecule has 0 saturated carbocycles. The Labute approximate surface area is 112 Å². The summed E-state index contributed by atoms with van der Waals surface area (Å²) in [4.78, 5) is 39.4. The largest absolute Gasteiger partial charge is 2.00 e. The minimum absolute atomic E-state index is 0. The van der Waals surface area contributed by atoms with Gasteiger partial charge in [0.2, 0.25) is 0 Å². The van der Waals surface area contributed by atoms with Crippen LogP contribution < -0.4 is 10.2 Å². The summed E-state index contributed by atoms with van der Waals surface area (Å²) in [6.45, 7) is 2.70. The van der Waals surface area contributed by atoms with Crippen LogP contribution in [0, 0.1) is 0 Å². The molecule has 6 nitrogen and oxygen atoms in total. The molecule has 0 spiro atoms. The maximum Gasteiger partial charge on any atom is 2.00 e. The summed E-state index contributed by atoms with van der Waals surface area (Å²) in [6.07, 6.45) is -0.144. The monoisotopic (exact) mass is 333 g/mol. The number of carbonyl (C=O) groups excluding carboxylic acids is 4. The molecule has 17 heavy (non-hydrogen) atoms. The Morgan fingerprint density at radius 1 is 0.706 bits per heavy atom. The third-order valence-electron chi connectivity index (χ3n) is 1.36. The molecule has 0 heterocycles. The number of carboxylic acids is 2. The van der Waals surface area contributed by atoms with E-state index >= 15 is 0 Å². The van der Waals surface area contributed by atoms with Gasteiger partial charge in [-0.25, -0.2) is 0 Å². The second-order valence-electron chi connectivity index (χ2n) is 3.15. The van der Waals surface area contributed by atoms with Gasteiger partial charge >= 0.3 is 19.5 Å². The Bertz CT molecular complexity index is 218. The predicted molar refractivity (Wildman–Crippen MR) is 49.8 cm³/mol. The number of hydrogen-bond acceptors (Lipinski definition) is 6. The van der Waals surface area contributed by atoms with Crippen LogP contribution in [0.5, 0.6) is 0 Å². The van der Waals surface area contributed by atoms with E-state index in [9.17, 15) is 29.4 Å². The number of carboxylic acid groups (broad SMARTS) is 2. The van der Waals surface area contributed by atoms with Crippen LogP contribution in [0.25, 0.3) is 0 Å². The van der Waals surface area contributed by atoms with E-state index in [1.54, 1.807) is 0 Å². The molecule has 0 rings (SSSR count). The molecule has 0 aliphatic heterocycles. The molecule has 0 atom stereocenters. The van der Waals surface area contributed by atoms with E-state index in [0.29, 0.717) is 0 Å². The van der Waals surface area contributed by atoms with E-state index in [2.05, 4.69) is 0 Å². The van der Waals surface area contributed by atoms with Crippen molar-refractivity contribution >= 4 is 23.5 Å². The smallest absolute Gasteiger partial charge is 0.550 e. The average molecular weight is 333 g/mol. The molecule has 0 aromatic rings. The second-order valence-corrected chi connectivity index (χ2v) is 3.15. The fraction of sp³-hybridized carbons (Fsp3) is 0.600. The Hall–Kier alpha value is -1.10. The predicted octanol–water partition coefficient (Wildman–Crippen LogP) is -1.79. The van der Waals surface area contributed by atoms with E-state index in [0.717, 1.165) is 0 Å². The minimum Gasteiger partial charge on any atom is -0.550 e. The number of rotatable bonds is 6. The van der Waals surface area contributed by atoms with Crippen LogP contribution in [-0.2, 0) is 38.7 Å². The Balaban J connectivity index is -0.000000218. The van der Waals surface area contributed by atoms with Crippen molar-refractivity contribution in [1.82, 2.24) is 0 Å². The maximum absolute atomic E-state index is 10.1. The van der Waals surface area contributed by atoms with Gasteiger partial charge in [-0.1, -0.05) is 0 Å². The molecule has 0 amide bonds.